The van der Waals surface area contributed by atoms with Crippen LogP contribution in [-0.4, -0.2) is 35.6 Å². The number of amides is 1. The van der Waals surface area contributed by atoms with Crippen molar-refractivity contribution in [3.05, 3.63) is 0 Å². The standard InChI is InChI=1S/C9H18N2O2S/c1-9(2,3)13-11-8(12)7-6-14-5-4-10-7/h7,10H,4-6H2,1-3H3,(H,11,12). The molecule has 1 fully saturated rings. The molecule has 1 saturated heterocycles. The molecular formula is C9H18N2O2S. The molecule has 1 heterocycles. The van der Waals surface area contributed by atoms with Crippen LogP contribution in [0.1, 0.15) is 20.8 Å². The zero-order valence-corrected chi connectivity index (χ0v) is 9.74. The largest absolute Gasteiger partial charge is 0.304 e. The molecule has 1 atom stereocenters. The van der Waals surface area contributed by atoms with Gasteiger partial charge < -0.3 is 5.32 Å². The van der Waals surface area contributed by atoms with E-state index < -0.39 is 0 Å². The average Bonchev–Trinajstić information content (AvgIpc) is 2.14. The van der Waals surface area contributed by atoms with Gasteiger partial charge in [-0.2, -0.15) is 11.8 Å². The summed E-state index contributed by atoms with van der Waals surface area (Å²) in [4.78, 5) is 16.7. The van der Waals surface area contributed by atoms with Crippen LogP contribution in [0.5, 0.6) is 0 Å². The van der Waals surface area contributed by atoms with Crippen molar-refractivity contribution in [2.75, 3.05) is 18.1 Å². The van der Waals surface area contributed by atoms with E-state index in [2.05, 4.69) is 10.8 Å². The van der Waals surface area contributed by atoms with Gasteiger partial charge in [-0.1, -0.05) is 0 Å². The molecule has 14 heavy (non-hydrogen) atoms. The first-order valence-corrected chi connectivity index (χ1v) is 5.93. The molecule has 0 bridgehead atoms. The minimum Gasteiger partial charge on any atom is -0.304 e. The topological polar surface area (TPSA) is 50.4 Å². The Kier molecular flexibility index (Phi) is 4.22. The molecule has 0 aromatic heterocycles. The van der Waals surface area contributed by atoms with Gasteiger partial charge in [-0.15, -0.1) is 0 Å². The number of nitrogens with one attached hydrogen (secondary N) is 2. The quantitative estimate of drug-likeness (QED) is 0.664. The number of carbonyl (C=O) groups excluding carboxylic acids is 1. The smallest absolute Gasteiger partial charge is 0.261 e. The fourth-order valence-electron chi connectivity index (χ4n) is 1.01. The van der Waals surface area contributed by atoms with Gasteiger partial charge in [-0.05, 0) is 20.8 Å². The molecule has 5 heteroatoms. The summed E-state index contributed by atoms with van der Waals surface area (Å²) in [6, 6.07) is -0.115. The van der Waals surface area contributed by atoms with Gasteiger partial charge in [0.05, 0.1) is 11.6 Å². The zero-order valence-electron chi connectivity index (χ0n) is 8.92. The monoisotopic (exact) mass is 218 g/mol. The Morgan fingerprint density at radius 2 is 2.29 bits per heavy atom. The first-order valence-electron chi connectivity index (χ1n) is 4.78. The number of hydrogen-bond acceptors (Lipinski definition) is 4. The lowest BCUT2D eigenvalue weighted by Gasteiger charge is -2.25. The molecule has 0 saturated carbocycles. The van der Waals surface area contributed by atoms with E-state index in [1.54, 1.807) is 11.8 Å². The molecule has 0 aromatic carbocycles. The van der Waals surface area contributed by atoms with Gasteiger partial charge in [-0.25, -0.2) is 5.48 Å². The fraction of sp³-hybridized carbons (Fsp3) is 0.889. The highest BCUT2D eigenvalue weighted by atomic mass is 32.2. The normalized spacial score (nSPS) is 23.2. The van der Waals surface area contributed by atoms with Crippen LogP contribution in [0.4, 0.5) is 0 Å². The molecule has 1 aliphatic rings. The molecule has 1 amide bonds. The summed E-state index contributed by atoms with van der Waals surface area (Å²) in [6.45, 7) is 6.58. The van der Waals surface area contributed by atoms with Crippen molar-refractivity contribution >= 4 is 17.7 Å². The van der Waals surface area contributed by atoms with Crippen molar-refractivity contribution in [1.82, 2.24) is 10.8 Å². The first-order chi connectivity index (χ1) is 6.49. The van der Waals surface area contributed by atoms with Gasteiger partial charge in [0.15, 0.2) is 0 Å². The third kappa shape index (κ3) is 4.30. The highest BCUT2D eigenvalue weighted by molar-refractivity contribution is 7.99. The predicted molar refractivity (Wildman–Crippen MR) is 58.1 cm³/mol. The van der Waals surface area contributed by atoms with Crippen molar-refractivity contribution in [3.63, 3.8) is 0 Å². The van der Waals surface area contributed by atoms with Crippen LogP contribution in [-0.2, 0) is 9.63 Å². The summed E-state index contributed by atoms with van der Waals surface area (Å²) in [6.07, 6.45) is 0. The molecule has 0 radical (unpaired) electrons. The minimum absolute atomic E-state index is 0.0767. The minimum atomic E-state index is -0.336. The Morgan fingerprint density at radius 3 is 2.79 bits per heavy atom. The van der Waals surface area contributed by atoms with Crippen LogP contribution >= 0.6 is 11.8 Å². The third-order valence-corrected chi connectivity index (χ3v) is 2.76. The van der Waals surface area contributed by atoms with Crippen LogP contribution in [0.2, 0.25) is 0 Å². The van der Waals surface area contributed by atoms with Crippen LogP contribution in [0.25, 0.3) is 0 Å². The lowest BCUT2D eigenvalue weighted by molar-refractivity contribution is -0.147. The second kappa shape index (κ2) is 5.00. The van der Waals surface area contributed by atoms with Crippen LogP contribution in [0, 0.1) is 0 Å². The van der Waals surface area contributed by atoms with Crippen molar-refractivity contribution < 1.29 is 9.63 Å². The second-order valence-electron chi connectivity index (χ2n) is 4.26. The Balaban J connectivity index is 2.27. The van der Waals surface area contributed by atoms with E-state index in [0.29, 0.717) is 0 Å². The molecule has 1 aliphatic heterocycles. The van der Waals surface area contributed by atoms with Gasteiger partial charge in [-0.3, -0.25) is 9.63 Å². The molecule has 2 N–H and O–H groups in total. The third-order valence-electron chi connectivity index (χ3n) is 1.70. The van der Waals surface area contributed by atoms with Crippen LogP contribution in [0.15, 0.2) is 0 Å². The molecular weight excluding hydrogens is 200 g/mol. The van der Waals surface area contributed by atoms with Crippen LogP contribution in [0.3, 0.4) is 0 Å². The molecule has 0 aliphatic carbocycles. The summed E-state index contributed by atoms with van der Waals surface area (Å²) in [7, 11) is 0. The van der Waals surface area contributed by atoms with Gasteiger partial charge >= 0.3 is 0 Å². The average molecular weight is 218 g/mol. The predicted octanol–water partition coefficient (Wildman–Crippen LogP) is 0.538. The van der Waals surface area contributed by atoms with Gasteiger partial charge in [0.2, 0.25) is 0 Å². The molecule has 1 unspecified atom stereocenters. The van der Waals surface area contributed by atoms with Crippen molar-refractivity contribution in [1.29, 1.82) is 0 Å². The van der Waals surface area contributed by atoms with E-state index >= 15 is 0 Å². The highest BCUT2D eigenvalue weighted by Gasteiger charge is 2.22. The van der Waals surface area contributed by atoms with Gasteiger partial charge in [0.25, 0.3) is 5.91 Å². The van der Waals surface area contributed by atoms with E-state index in [-0.39, 0.29) is 17.6 Å². The fourth-order valence-corrected chi connectivity index (χ4v) is 1.94. The number of hydrogen-bond donors (Lipinski definition) is 2. The molecule has 82 valence electrons. The number of thioether (sulfide) groups is 1. The summed E-state index contributed by atoms with van der Waals surface area (Å²) >= 11 is 1.79. The van der Waals surface area contributed by atoms with Crippen molar-refractivity contribution in [3.8, 4) is 0 Å². The van der Waals surface area contributed by atoms with E-state index in [1.807, 2.05) is 20.8 Å². The van der Waals surface area contributed by atoms with E-state index in [9.17, 15) is 4.79 Å². The van der Waals surface area contributed by atoms with Crippen molar-refractivity contribution in [2.24, 2.45) is 0 Å². The Hall–Kier alpha value is -0.260. The van der Waals surface area contributed by atoms with E-state index in [0.717, 1.165) is 18.1 Å². The van der Waals surface area contributed by atoms with Gasteiger partial charge in [0.1, 0.15) is 0 Å². The lowest BCUT2D eigenvalue weighted by atomic mass is 10.2. The molecule has 0 spiro atoms. The van der Waals surface area contributed by atoms with E-state index in [4.69, 9.17) is 4.84 Å². The molecule has 4 nitrogen and oxygen atoms in total. The van der Waals surface area contributed by atoms with E-state index in [1.165, 1.54) is 0 Å². The van der Waals surface area contributed by atoms with Gasteiger partial charge in [0, 0.05) is 18.1 Å². The number of rotatable bonds is 2. The molecule has 0 aromatic rings. The number of carbonyl (C=O) groups is 1. The maximum Gasteiger partial charge on any atom is 0.261 e. The van der Waals surface area contributed by atoms with Crippen LogP contribution < -0.4 is 10.8 Å². The Bertz CT molecular complexity index is 197. The Labute approximate surface area is 89.1 Å². The molecule has 1 rings (SSSR count). The lowest BCUT2D eigenvalue weighted by Crippen LogP contribution is -2.50. The maximum atomic E-state index is 11.5. The first kappa shape index (κ1) is 11.8. The Morgan fingerprint density at radius 1 is 1.57 bits per heavy atom. The maximum absolute atomic E-state index is 11.5. The summed E-state index contributed by atoms with van der Waals surface area (Å²) < 4.78 is 0. The summed E-state index contributed by atoms with van der Waals surface area (Å²) in [5, 5.41) is 3.14. The summed E-state index contributed by atoms with van der Waals surface area (Å²) in [5.74, 6) is 1.82. The van der Waals surface area contributed by atoms with Crippen molar-refractivity contribution in [2.45, 2.75) is 32.4 Å². The second-order valence-corrected chi connectivity index (χ2v) is 5.41. The number of hydroxylamine groups is 1. The highest BCUT2D eigenvalue weighted by Crippen LogP contribution is 2.08. The SMILES string of the molecule is CC(C)(C)ONC(=O)C1CSCCN1. The summed E-state index contributed by atoms with van der Waals surface area (Å²) in [5.41, 5.74) is 2.14. The zero-order chi connectivity index (χ0) is 10.6.